The Hall–Kier alpha value is -0.610. The van der Waals surface area contributed by atoms with E-state index in [0.29, 0.717) is 12.4 Å². The zero-order valence-electron chi connectivity index (χ0n) is 8.21. The van der Waals surface area contributed by atoms with Crippen molar-refractivity contribution in [3.8, 4) is 0 Å². The minimum absolute atomic E-state index is 0.0205. The molecule has 1 aromatic rings. The molecule has 1 aromatic heterocycles. The zero-order valence-corrected chi connectivity index (χ0v) is 9.78. The van der Waals surface area contributed by atoms with E-state index in [4.69, 9.17) is 11.6 Å². The SMILES string of the molecule is Cc1cnc(CNC(=O)C(C)CCl)s1. The molecule has 0 saturated carbocycles. The average molecular weight is 233 g/mol. The van der Waals surface area contributed by atoms with E-state index in [1.807, 2.05) is 6.92 Å². The molecule has 1 rings (SSSR count). The first-order valence-corrected chi connectivity index (χ1v) is 5.73. The second-order valence-electron chi connectivity index (χ2n) is 3.14. The van der Waals surface area contributed by atoms with Gasteiger partial charge in [0.2, 0.25) is 5.91 Å². The lowest BCUT2D eigenvalue weighted by Gasteiger charge is -2.07. The lowest BCUT2D eigenvalue weighted by molar-refractivity contribution is -0.124. The first-order valence-electron chi connectivity index (χ1n) is 4.38. The summed E-state index contributed by atoms with van der Waals surface area (Å²) < 4.78 is 0. The highest BCUT2D eigenvalue weighted by Gasteiger charge is 2.11. The molecule has 1 amide bonds. The molecule has 0 bridgehead atoms. The molecule has 1 unspecified atom stereocenters. The van der Waals surface area contributed by atoms with Crippen LogP contribution in [0.25, 0.3) is 0 Å². The quantitative estimate of drug-likeness (QED) is 0.807. The second kappa shape index (κ2) is 5.32. The van der Waals surface area contributed by atoms with Crippen LogP contribution in [0.3, 0.4) is 0 Å². The van der Waals surface area contributed by atoms with Crippen molar-refractivity contribution in [2.24, 2.45) is 5.92 Å². The number of carbonyl (C=O) groups excluding carboxylic acids is 1. The summed E-state index contributed by atoms with van der Waals surface area (Å²) in [6.07, 6.45) is 1.80. The van der Waals surface area contributed by atoms with Crippen LogP contribution in [0.2, 0.25) is 0 Å². The Bertz CT molecular complexity index is 314. The van der Waals surface area contributed by atoms with Crippen molar-refractivity contribution < 1.29 is 4.79 Å². The maximum Gasteiger partial charge on any atom is 0.224 e. The first kappa shape index (κ1) is 11.5. The minimum atomic E-state index is -0.141. The minimum Gasteiger partial charge on any atom is -0.349 e. The predicted octanol–water partition coefficient (Wildman–Crippen LogP) is 1.94. The van der Waals surface area contributed by atoms with Gasteiger partial charge in [-0.3, -0.25) is 4.79 Å². The maximum absolute atomic E-state index is 11.3. The molecule has 0 aliphatic carbocycles. The molecule has 0 saturated heterocycles. The summed E-state index contributed by atoms with van der Waals surface area (Å²) in [5.41, 5.74) is 0. The number of nitrogens with zero attached hydrogens (tertiary/aromatic N) is 1. The smallest absolute Gasteiger partial charge is 0.224 e. The van der Waals surface area contributed by atoms with Crippen molar-refractivity contribution in [3.63, 3.8) is 0 Å². The molecule has 1 N–H and O–H groups in total. The van der Waals surface area contributed by atoms with Gasteiger partial charge in [0.1, 0.15) is 5.01 Å². The van der Waals surface area contributed by atoms with E-state index in [1.54, 1.807) is 24.5 Å². The van der Waals surface area contributed by atoms with E-state index >= 15 is 0 Å². The Balaban J connectivity index is 2.37. The molecule has 0 spiro atoms. The van der Waals surface area contributed by atoms with Crippen LogP contribution in [0.1, 0.15) is 16.8 Å². The van der Waals surface area contributed by atoms with Crippen LogP contribution in [0, 0.1) is 12.8 Å². The maximum atomic E-state index is 11.3. The van der Waals surface area contributed by atoms with Crippen LogP contribution in [-0.2, 0) is 11.3 Å². The third kappa shape index (κ3) is 3.27. The van der Waals surface area contributed by atoms with Crippen molar-refractivity contribution in [1.82, 2.24) is 10.3 Å². The number of rotatable bonds is 4. The van der Waals surface area contributed by atoms with Crippen LogP contribution in [0.15, 0.2) is 6.20 Å². The van der Waals surface area contributed by atoms with Crippen molar-refractivity contribution in [2.45, 2.75) is 20.4 Å². The molecule has 0 aliphatic heterocycles. The molecular weight excluding hydrogens is 220 g/mol. The normalized spacial score (nSPS) is 12.5. The van der Waals surface area contributed by atoms with Crippen LogP contribution >= 0.6 is 22.9 Å². The fourth-order valence-corrected chi connectivity index (χ4v) is 1.76. The van der Waals surface area contributed by atoms with Crippen molar-refractivity contribution >= 4 is 28.8 Å². The van der Waals surface area contributed by atoms with Gasteiger partial charge in [-0.05, 0) is 6.92 Å². The van der Waals surface area contributed by atoms with Gasteiger partial charge in [0.15, 0.2) is 0 Å². The lowest BCUT2D eigenvalue weighted by atomic mass is 10.2. The number of carbonyl (C=O) groups is 1. The van der Waals surface area contributed by atoms with Gasteiger partial charge in [-0.2, -0.15) is 0 Å². The van der Waals surface area contributed by atoms with Crippen LogP contribution in [0.4, 0.5) is 0 Å². The van der Waals surface area contributed by atoms with Gasteiger partial charge in [-0.15, -0.1) is 22.9 Å². The van der Waals surface area contributed by atoms with Crippen molar-refractivity contribution in [3.05, 3.63) is 16.1 Å². The highest BCUT2D eigenvalue weighted by atomic mass is 35.5. The van der Waals surface area contributed by atoms with Crippen LogP contribution in [0.5, 0.6) is 0 Å². The molecule has 78 valence electrons. The summed E-state index contributed by atoms with van der Waals surface area (Å²) in [4.78, 5) is 16.6. The molecule has 1 heterocycles. The van der Waals surface area contributed by atoms with Gasteiger partial charge in [-0.25, -0.2) is 4.98 Å². The Labute approximate surface area is 92.5 Å². The van der Waals surface area contributed by atoms with Gasteiger partial charge >= 0.3 is 0 Å². The number of halogens is 1. The Morgan fingerprint density at radius 2 is 2.50 bits per heavy atom. The summed E-state index contributed by atoms with van der Waals surface area (Å²) in [6.45, 7) is 4.29. The van der Waals surface area contributed by atoms with Gasteiger partial charge in [-0.1, -0.05) is 6.92 Å². The van der Waals surface area contributed by atoms with E-state index < -0.39 is 0 Å². The summed E-state index contributed by atoms with van der Waals surface area (Å²) in [5, 5.41) is 3.72. The third-order valence-electron chi connectivity index (χ3n) is 1.76. The molecule has 5 heteroatoms. The first-order chi connectivity index (χ1) is 6.63. The van der Waals surface area contributed by atoms with Gasteiger partial charge in [0, 0.05) is 22.9 Å². The number of amides is 1. The number of hydrogen-bond acceptors (Lipinski definition) is 3. The molecular formula is C9H13ClN2OS. The number of aromatic nitrogens is 1. The van der Waals surface area contributed by atoms with Crippen molar-refractivity contribution in [1.29, 1.82) is 0 Å². The highest BCUT2D eigenvalue weighted by Crippen LogP contribution is 2.10. The van der Waals surface area contributed by atoms with E-state index in [2.05, 4.69) is 10.3 Å². The topological polar surface area (TPSA) is 42.0 Å². The summed E-state index contributed by atoms with van der Waals surface area (Å²) >= 11 is 7.15. The standard InChI is InChI=1S/C9H13ClN2OS/c1-6(3-10)9(13)12-5-8-11-4-7(2)14-8/h4,6H,3,5H2,1-2H3,(H,12,13). The number of alkyl halides is 1. The second-order valence-corrected chi connectivity index (χ2v) is 4.77. The van der Waals surface area contributed by atoms with Crippen LogP contribution < -0.4 is 5.32 Å². The predicted molar refractivity (Wildman–Crippen MR) is 58.6 cm³/mol. The molecule has 0 radical (unpaired) electrons. The highest BCUT2D eigenvalue weighted by molar-refractivity contribution is 7.11. The average Bonchev–Trinajstić information content (AvgIpc) is 2.59. The van der Waals surface area contributed by atoms with Gasteiger partial charge in [0.05, 0.1) is 6.54 Å². The van der Waals surface area contributed by atoms with Gasteiger partial charge in [0.25, 0.3) is 0 Å². The Morgan fingerprint density at radius 1 is 1.79 bits per heavy atom. The Morgan fingerprint density at radius 3 is 3.00 bits per heavy atom. The third-order valence-corrected chi connectivity index (χ3v) is 3.14. The zero-order chi connectivity index (χ0) is 10.6. The molecule has 0 aliphatic rings. The number of nitrogens with one attached hydrogen (secondary N) is 1. The summed E-state index contributed by atoms with van der Waals surface area (Å²) in [6, 6.07) is 0. The lowest BCUT2D eigenvalue weighted by Crippen LogP contribution is -2.29. The fraction of sp³-hybridized carbons (Fsp3) is 0.556. The van der Waals surface area contributed by atoms with Crippen molar-refractivity contribution in [2.75, 3.05) is 5.88 Å². The summed E-state index contributed by atoms with van der Waals surface area (Å²) in [5.74, 6) is 0.188. The van der Waals surface area contributed by atoms with Gasteiger partial charge < -0.3 is 5.32 Å². The molecule has 14 heavy (non-hydrogen) atoms. The van der Waals surface area contributed by atoms with E-state index in [0.717, 1.165) is 9.88 Å². The van der Waals surface area contributed by atoms with Crippen LogP contribution in [-0.4, -0.2) is 16.8 Å². The molecule has 1 atom stereocenters. The van der Waals surface area contributed by atoms with E-state index in [1.165, 1.54) is 0 Å². The largest absolute Gasteiger partial charge is 0.349 e. The number of aryl methyl sites for hydroxylation is 1. The monoisotopic (exact) mass is 232 g/mol. The number of thiazole rings is 1. The Kier molecular flexibility index (Phi) is 4.35. The molecule has 0 fully saturated rings. The van der Waals surface area contributed by atoms with E-state index in [-0.39, 0.29) is 11.8 Å². The van der Waals surface area contributed by atoms with E-state index in [9.17, 15) is 4.79 Å². The molecule has 3 nitrogen and oxygen atoms in total. The fourth-order valence-electron chi connectivity index (χ4n) is 0.890. The molecule has 0 aromatic carbocycles. The number of hydrogen-bond donors (Lipinski definition) is 1. The summed E-state index contributed by atoms with van der Waals surface area (Å²) in [7, 11) is 0.